The summed E-state index contributed by atoms with van der Waals surface area (Å²) in [5.41, 5.74) is -0.331. The minimum atomic E-state index is -0.331. The van der Waals surface area contributed by atoms with Crippen LogP contribution < -0.4 is 0 Å². The Balaban J connectivity index is 2.54. The summed E-state index contributed by atoms with van der Waals surface area (Å²) in [7, 11) is 0. The molecule has 3 heteroatoms. The van der Waals surface area contributed by atoms with Gasteiger partial charge in [-0.1, -0.05) is 13.8 Å². The third kappa shape index (κ3) is 2.71. The SMILES string of the molecule is CC(C)C(=O)OC1CCCOC1(C)C. The van der Waals surface area contributed by atoms with E-state index in [-0.39, 0.29) is 23.6 Å². The Hall–Kier alpha value is -0.570. The molecule has 0 saturated carbocycles. The third-order valence-corrected chi connectivity index (χ3v) is 2.59. The molecule has 1 aliphatic rings. The van der Waals surface area contributed by atoms with Crippen LogP contribution in [-0.4, -0.2) is 24.3 Å². The van der Waals surface area contributed by atoms with Crippen molar-refractivity contribution >= 4 is 5.97 Å². The van der Waals surface area contributed by atoms with Crippen LogP contribution in [0.25, 0.3) is 0 Å². The molecule has 0 radical (unpaired) electrons. The van der Waals surface area contributed by atoms with E-state index in [1.54, 1.807) is 0 Å². The van der Waals surface area contributed by atoms with Crippen molar-refractivity contribution in [3.63, 3.8) is 0 Å². The standard InChI is InChI=1S/C11H20O3/c1-8(2)10(12)14-9-6-5-7-13-11(9,3)4/h8-9H,5-7H2,1-4H3. The number of esters is 1. The van der Waals surface area contributed by atoms with Crippen molar-refractivity contribution in [1.82, 2.24) is 0 Å². The lowest BCUT2D eigenvalue weighted by Gasteiger charge is -2.38. The number of carbonyl (C=O) groups excluding carboxylic acids is 1. The Morgan fingerprint density at radius 2 is 2.14 bits per heavy atom. The van der Waals surface area contributed by atoms with Crippen LogP contribution >= 0.6 is 0 Å². The molecule has 0 aliphatic carbocycles. The lowest BCUT2D eigenvalue weighted by molar-refractivity contribution is -0.183. The molecule has 0 bridgehead atoms. The van der Waals surface area contributed by atoms with Gasteiger partial charge in [0.2, 0.25) is 0 Å². The summed E-state index contributed by atoms with van der Waals surface area (Å²) in [6.07, 6.45) is 1.79. The molecule has 1 unspecified atom stereocenters. The first kappa shape index (κ1) is 11.5. The van der Waals surface area contributed by atoms with Crippen molar-refractivity contribution in [1.29, 1.82) is 0 Å². The zero-order valence-corrected chi connectivity index (χ0v) is 9.50. The average Bonchev–Trinajstić information content (AvgIpc) is 2.08. The van der Waals surface area contributed by atoms with Crippen LogP contribution in [0.2, 0.25) is 0 Å². The van der Waals surface area contributed by atoms with Crippen molar-refractivity contribution in [3.8, 4) is 0 Å². The molecular weight excluding hydrogens is 180 g/mol. The summed E-state index contributed by atoms with van der Waals surface area (Å²) in [6.45, 7) is 8.41. The molecule has 1 aliphatic heterocycles. The first-order chi connectivity index (χ1) is 6.43. The van der Waals surface area contributed by atoms with Crippen LogP contribution in [0.15, 0.2) is 0 Å². The maximum Gasteiger partial charge on any atom is 0.308 e. The highest BCUT2D eigenvalue weighted by Crippen LogP contribution is 2.27. The monoisotopic (exact) mass is 200 g/mol. The maximum atomic E-state index is 11.4. The van der Waals surface area contributed by atoms with Crippen LogP contribution in [0, 0.1) is 5.92 Å². The van der Waals surface area contributed by atoms with E-state index in [0.29, 0.717) is 0 Å². The molecule has 1 heterocycles. The van der Waals surface area contributed by atoms with Crippen LogP contribution in [0.5, 0.6) is 0 Å². The van der Waals surface area contributed by atoms with Crippen molar-refractivity contribution in [2.75, 3.05) is 6.61 Å². The Labute approximate surface area is 85.8 Å². The van der Waals surface area contributed by atoms with Gasteiger partial charge in [-0.05, 0) is 26.7 Å². The van der Waals surface area contributed by atoms with E-state index in [9.17, 15) is 4.79 Å². The van der Waals surface area contributed by atoms with E-state index in [1.807, 2.05) is 27.7 Å². The molecule has 0 aromatic carbocycles. The van der Waals surface area contributed by atoms with Crippen LogP contribution in [0.4, 0.5) is 0 Å². The number of carbonyl (C=O) groups is 1. The molecule has 0 amide bonds. The van der Waals surface area contributed by atoms with Crippen LogP contribution in [-0.2, 0) is 14.3 Å². The van der Waals surface area contributed by atoms with Crippen molar-refractivity contribution in [2.24, 2.45) is 5.92 Å². The lowest BCUT2D eigenvalue weighted by Crippen LogP contribution is -2.46. The molecule has 0 aromatic rings. The summed E-state index contributed by atoms with van der Waals surface area (Å²) >= 11 is 0. The van der Waals surface area contributed by atoms with E-state index in [1.165, 1.54) is 0 Å². The summed E-state index contributed by atoms with van der Waals surface area (Å²) in [5, 5.41) is 0. The van der Waals surface area contributed by atoms with Gasteiger partial charge < -0.3 is 9.47 Å². The van der Waals surface area contributed by atoms with Gasteiger partial charge in [0, 0.05) is 6.61 Å². The molecular formula is C11H20O3. The molecule has 1 atom stereocenters. The van der Waals surface area contributed by atoms with Crippen LogP contribution in [0.1, 0.15) is 40.5 Å². The molecule has 1 saturated heterocycles. The summed E-state index contributed by atoms with van der Waals surface area (Å²) in [6, 6.07) is 0. The number of rotatable bonds is 2. The first-order valence-electron chi connectivity index (χ1n) is 5.28. The normalized spacial score (nSPS) is 26.2. The first-order valence-corrected chi connectivity index (χ1v) is 5.28. The molecule has 1 fully saturated rings. The molecule has 0 aromatic heterocycles. The smallest absolute Gasteiger partial charge is 0.308 e. The lowest BCUT2D eigenvalue weighted by atomic mass is 9.94. The van der Waals surface area contributed by atoms with Crippen molar-refractivity contribution < 1.29 is 14.3 Å². The van der Waals surface area contributed by atoms with Gasteiger partial charge in [-0.2, -0.15) is 0 Å². The molecule has 82 valence electrons. The molecule has 1 rings (SSSR count). The minimum Gasteiger partial charge on any atom is -0.459 e. The second-order valence-corrected chi connectivity index (χ2v) is 4.67. The van der Waals surface area contributed by atoms with Gasteiger partial charge in [-0.25, -0.2) is 0 Å². The Kier molecular flexibility index (Phi) is 3.53. The fourth-order valence-corrected chi connectivity index (χ4v) is 1.52. The predicted molar refractivity (Wildman–Crippen MR) is 54.0 cm³/mol. The molecule has 14 heavy (non-hydrogen) atoms. The molecule has 3 nitrogen and oxygen atoms in total. The van der Waals surface area contributed by atoms with Crippen LogP contribution in [0.3, 0.4) is 0 Å². The van der Waals surface area contributed by atoms with E-state index in [4.69, 9.17) is 9.47 Å². The summed E-state index contributed by atoms with van der Waals surface area (Å²) < 4.78 is 11.0. The predicted octanol–water partition coefficient (Wildman–Crippen LogP) is 2.14. The van der Waals surface area contributed by atoms with Crippen molar-refractivity contribution in [3.05, 3.63) is 0 Å². The highest BCUT2D eigenvalue weighted by Gasteiger charge is 2.36. The molecule has 0 spiro atoms. The quantitative estimate of drug-likeness (QED) is 0.641. The van der Waals surface area contributed by atoms with E-state index in [2.05, 4.69) is 0 Å². The maximum absolute atomic E-state index is 11.4. The van der Waals surface area contributed by atoms with Gasteiger partial charge in [-0.3, -0.25) is 4.79 Å². The zero-order valence-electron chi connectivity index (χ0n) is 9.50. The average molecular weight is 200 g/mol. The number of ether oxygens (including phenoxy) is 2. The van der Waals surface area contributed by atoms with Gasteiger partial charge in [-0.15, -0.1) is 0 Å². The van der Waals surface area contributed by atoms with Gasteiger partial charge in [0.15, 0.2) is 0 Å². The highest BCUT2D eigenvalue weighted by molar-refractivity contribution is 5.71. The fraction of sp³-hybridized carbons (Fsp3) is 0.909. The second kappa shape index (κ2) is 4.30. The van der Waals surface area contributed by atoms with E-state index in [0.717, 1.165) is 19.4 Å². The van der Waals surface area contributed by atoms with E-state index < -0.39 is 0 Å². The minimum absolute atomic E-state index is 0.0623. The Morgan fingerprint density at radius 1 is 1.50 bits per heavy atom. The Morgan fingerprint density at radius 3 is 2.64 bits per heavy atom. The van der Waals surface area contributed by atoms with Crippen molar-refractivity contribution in [2.45, 2.75) is 52.2 Å². The highest BCUT2D eigenvalue weighted by atomic mass is 16.6. The second-order valence-electron chi connectivity index (χ2n) is 4.67. The number of hydrogen-bond acceptors (Lipinski definition) is 3. The summed E-state index contributed by atoms with van der Waals surface area (Å²) in [5.74, 6) is -0.193. The topological polar surface area (TPSA) is 35.5 Å². The Bertz CT molecular complexity index is 209. The van der Waals surface area contributed by atoms with Gasteiger partial charge in [0.05, 0.1) is 11.5 Å². The van der Waals surface area contributed by atoms with E-state index >= 15 is 0 Å². The van der Waals surface area contributed by atoms with Gasteiger partial charge in [0.25, 0.3) is 0 Å². The summed E-state index contributed by atoms with van der Waals surface area (Å²) in [4.78, 5) is 11.4. The number of hydrogen-bond donors (Lipinski definition) is 0. The van der Waals surface area contributed by atoms with Gasteiger partial charge in [0.1, 0.15) is 6.10 Å². The zero-order chi connectivity index (χ0) is 10.8. The van der Waals surface area contributed by atoms with Gasteiger partial charge >= 0.3 is 5.97 Å². The molecule has 0 N–H and O–H groups in total. The largest absolute Gasteiger partial charge is 0.459 e. The fourth-order valence-electron chi connectivity index (χ4n) is 1.52. The third-order valence-electron chi connectivity index (χ3n) is 2.59.